The average Bonchev–Trinajstić information content (AvgIpc) is 2.88. The summed E-state index contributed by atoms with van der Waals surface area (Å²) in [6.45, 7) is 0.538. The fraction of sp³-hybridized carbons (Fsp3) is 0.222. The van der Waals surface area contributed by atoms with Crippen LogP contribution in [0.5, 0.6) is 5.75 Å². The second-order valence-electron chi connectivity index (χ2n) is 8.03. The van der Waals surface area contributed by atoms with Crippen LogP contribution in [0.1, 0.15) is 18.4 Å². The number of methoxy groups -OCH3 is 1. The molecule has 0 saturated carbocycles. The van der Waals surface area contributed by atoms with Crippen LogP contribution in [0.15, 0.2) is 88.3 Å². The predicted molar refractivity (Wildman–Crippen MR) is 145 cm³/mol. The van der Waals surface area contributed by atoms with Gasteiger partial charge in [-0.2, -0.15) is 0 Å². The van der Waals surface area contributed by atoms with Crippen LogP contribution in [-0.2, 0) is 16.0 Å². The molecule has 1 saturated heterocycles. The van der Waals surface area contributed by atoms with Crippen molar-refractivity contribution in [2.45, 2.75) is 24.5 Å². The maximum Gasteiger partial charge on any atom is 0.238 e. The van der Waals surface area contributed by atoms with E-state index in [1.807, 2.05) is 66.7 Å². The molecule has 180 valence electrons. The minimum atomic E-state index is -0.562. The number of rotatable bonds is 8. The maximum absolute atomic E-state index is 13.2. The minimum absolute atomic E-state index is 0.0972. The molecule has 4 rings (SSSR count). The zero-order chi connectivity index (χ0) is 24.6. The zero-order valence-electron chi connectivity index (χ0n) is 19.3. The Labute approximate surface area is 217 Å². The van der Waals surface area contributed by atoms with E-state index in [9.17, 15) is 9.59 Å². The Morgan fingerprint density at radius 2 is 1.80 bits per heavy atom. The number of benzene rings is 3. The van der Waals surface area contributed by atoms with Crippen LogP contribution in [0.2, 0.25) is 0 Å². The smallest absolute Gasteiger partial charge is 0.238 e. The summed E-state index contributed by atoms with van der Waals surface area (Å²) >= 11 is 4.72. The zero-order valence-corrected chi connectivity index (χ0v) is 21.7. The molecule has 1 aliphatic heterocycles. The lowest BCUT2D eigenvalue weighted by molar-refractivity contribution is -0.129. The number of thioether (sulfide) groups is 1. The minimum Gasteiger partial charge on any atom is -0.497 e. The highest BCUT2D eigenvalue weighted by molar-refractivity contribution is 9.10. The van der Waals surface area contributed by atoms with E-state index in [-0.39, 0.29) is 18.2 Å². The fourth-order valence-electron chi connectivity index (χ4n) is 3.67. The molecule has 1 fully saturated rings. The Bertz CT molecular complexity index is 1180. The van der Waals surface area contributed by atoms with Gasteiger partial charge in [0.05, 0.1) is 12.8 Å². The Morgan fingerprint density at radius 1 is 1.09 bits per heavy atom. The van der Waals surface area contributed by atoms with Crippen LogP contribution >= 0.6 is 27.7 Å². The van der Waals surface area contributed by atoms with Crippen molar-refractivity contribution >= 4 is 56.0 Å². The van der Waals surface area contributed by atoms with Gasteiger partial charge in [-0.3, -0.25) is 14.5 Å². The number of halogens is 1. The summed E-state index contributed by atoms with van der Waals surface area (Å²) in [6, 6.07) is 24.9. The number of nitrogens with one attached hydrogen (secondary N) is 1. The molecule has 3 aromatic rings. The van der Waals surface area contributed by atoms with Crippen molar-refractivity contribution in [3.8, 4) is 5.75 Å². The van der Waals surface area contributed by atoms with Crippen molar-refractivity contribution in [3.63, 3.8) is 0 Å². The van der Waals surface area contributed by atoms with Gasteiger partial charge in [0.25, 0.3) is 0 Å². The number of nitrogens with zero attached hydrogens (tertiary/aromatic N) is 2. The normalized spacial score (nSPS) is 16.9. The van der Waals surface area contributed by atoms with Crippen LogP contribution in [0.25, 0.3) is 0 Å². The van der Waals surface area contributed by atoms with Crippen LogP contribution in [-0.4, -0.2) is 40.8 Å². The lowest BCUT2D eigenvalue weighted by Crippen LogP contribution is -2.45. The molecule has 0 aliphatic carbocycles. The third-order valence-electron chi connectivity index (χ3n) is 5.53. The number of carbonyl (C=O) groups excluding carboxylic acids is 2. The topological polar surface area (TPSA) is 71.0 Å². The Morgan fingerprint density at radius 3 is 2.49 bits per heavy atom. The first-order chi connectivity index (χ1) is 17.0. The summed E-state index contributed by atoms with van der Waals surface area (Å²) in [4.78, 5) is 32.6. The van der Waals surface area contributed by atoms with Gasteiger partial charge in [-0.05, 0) is 66.9 Å². The number of aliphatic imine (C=N–C) groups is 1. The van der Waals surface area contributed by atoms with E-state index < -0.39 is 5.25 Å². The first-order valence-corrected chi connectivity index (χ1v) is 13.0. The summed E-state index contributed by atoms with van der Waals surface area (Å²) < 4.78 is 6.16. The monoisotopic (exact) mass is 551 g/mol. The number of amidine groups is 1. The highest BCUT2D eigenvalue weighted by Crippen LogP contribution is 2.31. The molecule has 2 amide bonds. The molecule has 1 N–H and O–H groups in total. The molecule has 0 bridgehead atoms. The lowest BCUT2D eigenvalue weighted by Gasteiger charge is -2.32. The van der Waals surface area contributed by atoms with Crippen LogP contribution in [0.4, 0.5) is 11.4 Å². The number of hydrogen-bond acceptors (Lipinski definition) is 5. The van der Waals surface area contributed by atoms with Crippen LogP contribution in [0, 0.1) is 0 Å². The van der Waals surface area contributed by atoms with Crippen LogP contribution in [0.3, 0.4) is 0 Å². The fourth-order valence-corrected chi connectivity index (χ4v) is 5.06. The number of hydrogen-bond donors (Lipinski definition) is 1. The standard InChI is InChI=1S/C27H26BrN3O3S/c1-34-23-15-13-22(14-16-23)30-27-31(17-5-8-19-6-3-2-4-7-19)25(32)18-24(35-27)26(33)29-21-11-9-20(28)10-12-21/h2-4,6-7,9-16,24H,5,8,17-18H2,1H3,(H,29,33). The van der Waals surface area contributed by atoms with Gasteiger partial charge in [0, 0.05) is 23.1 Å². The maximum atomic E-state index is 13.2. The third-order valence-corrected chi connectivity index (χ3v) is 7.25. The van der Waals surface area contributed by atoms with E-state index in [4.69, 9.17) is 9.73 Å². The van der Waals surface area contributed by atoms with Gasteiger partial charge in [-0.15, -0.1) is 0 Å². The van der Waals surface area contributed by atoms with Gasteiger partial charge in [0.15, 0.2) is 5.17 Å². The first kappa shape index (κ1) is 25.0. The summed E-state index contributed by atoms with van der Waals surface area (Å²) in [6.07, 6.45) is 1.78. The molecule has 1 aliphatic rings. The van der Waals surface area contributed by atoms with Gasteiger partial charge >= 0.3 is 0 Å². The molecule has 8 heteroatoms. The molecule has 0 spiro atoms. The number of aryl methyl sites for hydroxylation is 1. The number of amides is 2. The molecule has 3 aromatic carbocycles. The Hall–Kier alpha value is -3.10. The van der Waals surface area contributed by atoms with Crippen molar-refractivity contribution in [2.24, 2.45) is 4.99 Å². The quantitative estimate of drug-likeness (QED) is 0.370. The van der Waals surface area contributed by atoms with Crippen molar-refractivity contribution in [1.82, 2.24) is 4.90 Å². The molecule has 1 atom stereocenters. The SMILES string of the molecule is COc1ccc(N=C2SC(C(=O)Nc3ccc(Br)cc3)CC(=O)N2CCCc2ccccc2)cc1. The van der Waals surface area contributed by atoms with E-state index in [2.05, 4.69) is 33.4 Å². The van der Waals surface area contributed by atoms with Gasteiger partial charge in [-0.1, -0.05) is 58.0 Å². The number of anilines is 1. The van der Waals surface area contributed by atoms with Gasteiger partial charge in [-0.25, -0.2) is 4.99 Å². The summed E-state index contributed by atoms with van der Waals surface area (Å²) in [5.41, 5.74) is 2.61. The molecule has 35 heavy (non-hydrogen) atoms. The molecule has 1 unspecified atom stereocenters. The molecular weight excluding hydrogens is 526 g/mol. The third kappa shape index (κ3) is 6.96. The molecule has 6 nitrogen and oxygen atoms in total. The highest BCUT2D eigenvalue weighted by Gasteiger charge is 2.35. The average molecular weight is 552 g/mol. The van der Waals surface area contributed by atoms with E-state index in [0.29, 0.717) is 23.1 Å². The molecule has 0 aromatic heterocycles. The molecule has 0 radical (unpaired) electrons. The van der Waals surface area contributed by atoms with Crippen LogP contribution < -0.4 is 10.1 Å². The van der Waals surface area contributed by atoms with E-state index in [1.165, 1.54) is 17.3 Å². The molecule has 1 heterocycles. The largest absolute Gasteiger partial charge is 0.497 e. The van der Waals surface area contributed by atoms with Gasteiger partial charge < -0.3 is 10.1 Å². The Balaban J connectivity index is 1.51. The van der Waals surface area contributed by atoms with E-state index >= 15 is 0 Å². The predicted octanol–water partition coefficient (Wildman–Crippen LogP) is 6.05. The van der Waals surface area contributed by atoms with Crippen molar-refractivity contribution in [2.75, 3.05) is 19.0 Å². The number of carbonyl (C=O) groups is 2. The molecular formula is C27H26BrN3O3S. The highest BCUT2D eigenvalue weighted by atomic mass is 79.9. The van der Waals surface area contributed by atoms with E-state index in [0.717, 1.165) is 23.1 Å². The second-order valence-corrected chi connectivity index (χ2v) is 10.1. The van der Waals surface area contributed by atoms with Gasteiger partial charge in [0.1, 0.15) is 11.0 Å². The second kappa shape index (κ2) is 12.0. The van der Waals surface area contributed by atoms with E-state index in [1.54, 1.807) is 12.0 Å². The van der Waals surface area contributed by atoms with Gasteiger partial charge in [0.2, 0.25) is 11.8 Å². The van der Waals surface area contributed by atoms with Crippen molar-refractivity contribution < 1.29 is 14.3 Å². The summed E-state index contributed by atoms with van der Waals surface area (Å²) in [5, 5.41) is 2.89. The summed E-state index contributed by atoms with van der Waals surface area (Å²) in [7, 11) is 1.61. The van der Waals surface area contributed by atoms with Crippen molar-refractivity contribution in [1.29, 1.82) is 0 Å². The first-order valence-electron chi connectivity index (χ1n) is 11.3. The number of ether oxygens (including phenoxy) is 1. The summed E-state index contributed by atoms with van der Waals surface area (Å²) in [5.74, 6) is 0.421. The van der Waals surface area contributed by atoms with Crippen molar-refractivity contribution in [3.05, 3.63) is 88.9 Å². The Kier molecular flexibility index (Phi) is 8.60. The lowest BCUT2D eigenvalue weighted by atomic mass is 10.1.